The number of benzene rings is 1. The number of rotatable bonds is 7. The van der Waals surface area contributed by atoms with Gasteiger partial charge in [0.2, 0.25) is 10.0 Å². The van der Waals surface area contributed by atoms with Gasteiger partial charge in [0.25, 0.3) is 5.91 Å². The van der Waals surface area contributed by atoms with Gasteiger partial charge in [-0.05, 0) is 31.0 Å². The summed E-state index contributed by atoms with van der Waals surface area (Å²) in [6, 6.07) is 4.47. The second-order valence-corrected chi connectivity index (χ2v) is 7.37. The normalized spacial score (nSPS) is 11.3. The first-order valence-electron chi connectivity index (χ1n) is 7.17. The summed E-state index contributed by atoms with van der Waals surface area (Å²) >= 11 is 0. The molecule has 0 aromatic heterocycles. The molecule has 0 fully saturated rings. The second-order valence-electron chi connectivity index (χ2n) is 5.22. The molecule has 1 rings (SSSR count). The fourth-order valence-corrected chi connectivity index (χ4v) is 2.64. The van der Waals surface area contributed by atoms with Gasteiger partial charge >= 0.3 is 5.97 Å². The van der Waals surface area contributed by atoms with E-state index in [1.165, 1.54) is 26.2 Å². The smallest absolute Gasteiger partial charge is 0.306 e. The fourth-order valence-electron chi connectivity index (χ4n) is 1.72. The van der Waals surface area contributed by atoms with E-state index >= 15 is 0 Å². The summed E-state index contributed by atoms with van der Waals surface area (Å²) in [4.78, 5) is 23.1. The number of sulfonamides is 1. The van der Waals surface area contributed by atoms with Gasteiger partial charge in [-0.3, -0.25) is 9.59 Å². The first-order valence-corrected chi connectivity index (χ1v) is 8.61. The number of amides is 1. The average molecular weight is 342 g/mol. The summed E-state index contributed by atoms with van der Waals surface area (Å²) in [5.74, 6) is -0.958. The molecule has 23 heavy (non-hydrogen) atoms. The summed E-state index contributed by atoms with van der Waals surface area (Å²) in [6.45, 7) is 3.18. The van der Waals surface area contributed by atoms with Crippen molar-refractivity contribution in [2.75, 3.05) is 26.0 Å². The fraction of sp³-hybridized carbons (Fsp3) is 0.467. The Morgan fingerprint density at radius 2 is 1.91 bits per heavy atom. The zero-order valence-electron chi connectivity index (χ0n) is 13.8. The molecule has 0 unspecified atom stereocenters. The highest BCUT2D eigenvalue weighted by Gasteiger charge is 2.18. The number of esters is 1. The van der Waals surface area contributed by atoms with E-state index in [9.17, 15) is 18.0 Å². The molecule has 128 valence electrons. The van der Waals surface area contributed by atoms with E-state index < -0.39 is 28.5 Å². The SMILES string of the molecule is CCCC(=O)OCC(=O)Nc1cc(S(=O)(=O)N(C)C)ccc1C. The molecule has 0 saturated carbocycles. The highest BCUT2D eigenvalue weighted by molar-refractivity contribution is 7.89. The number of ether oxygens (including phenoxy) is 1. The predicted octanol–water partition coefficient (Wildman–Crippen LogP) is 1.53. The van der Waals surface area contributed by atoms with E-state index in [0.29, 0.717) is 17.7 Å². The predicted molar refractivity (Wildman–Crippen MR) is 86.5 cm³/mol. The monoisotopic (exact) mass is 342 g/mol. The lowest BCUT2D eigenvalue weighted by atomic mass is 10.2. The van der Waals surface area contributed by atoms with Crippen molar-refractivity contribution in [3.8, 4) is 0 Å². The van der Waals surface area contributed by atoms with E-state index in [1.54, 1.807) is 13.0 Å². The lowest BCUT2D eigenvalue weighted by molar-refractivity contribution is -0.147. The summed E-state index contributed by atoms with van der Waals surface area (Å²) < 4.78 is 30.1. The third-order valence-electron chi connectivity index (χ3n) is 3.08. The molecule has 7 nitrogen and oxygen atoms in total. The molecule has 1 aromatic carbocycles. The zero-order valence-corrected chi connectivity index (χ0v) is 14.6. The third-order valence-corrected chi connectivity index (χ3v) is 4.89. The molecule has 1 aromatic rings. The van der Waals surface area contributed by atoms with Crippen LogP contribution in [0.1, 0.15) is 25.3 Å². The topological polar surface area (TPSA) is 92.8 Å². The van der Waals surface area contributed by atoms with Crippen LogP contribution in [-0.2, 0) is 24.3 Å². The van der Waals surface area contributed by atoms with Crippen LogP contribution in [0.4, 0.5) is 5.69 Å². The molecule has 1 N–H and O–H groups in total. The Balaban J connectivity index is 2.85. The Morgan fingerprint density at radius 3 is 2.48 bits per heavy atom. The Bertz CT molecular complexity index is 683. The molecular formula is C15H22N2O5S. The number of aryl methyl sites for hydroxylation is 1. The molecule has 0 spiro atoms. The molecule has 0 atom stereocenters. The molecule has 0 aliphatic heterocycles. The highest BCUT2D eigenvalue weighted by Crippen LogP contribution is 2.21. The van der Waals surface area contributed by atoms with Crippen molar-refractivity contribution in [1.82, 2.24) is 4.31 Å². The first kappa shape index (κ1) is 19.1. The molecule has 0 aliphatic carbocycles. The van der Waals surface area contributed by atoms with Gasteiger partial charge in [0.05, 0.1) is 4.90 Å². The van der Waals surface area contributed by atoms with Crippen molar-refractivity contribution >= 4 is 27.6 Å². The van der Waals surface area contributed by atoms with Crippen LogP contribution in [-0.4, -0.2) is 45.3 Å². The van der Waals surface area contributed by atoms with Crippen LogP contribution in [0.2, 0.25) is 0 Å². The number of carbonyl (C=O) groups is 2. The maximum atomic E-state index is 12.1. The van der Waals surface area contributed by atoms with Gasteiger partial charge < -0.3 is 10.1 Å². The van der Waals surface area contributed by atoms with Gasteiger partial charge in [-0.15, -0.1) is 0 Å². The Labute approximate surface area is 136 Å². The van der Waals surface area contributed by atoms with Gasteiger partial charge in [-0.1, -0.05) is 13.0 Å². The number of hydrogen-bond donors (Lipinski definition) is 1. The van der Waals surface area contributed by atoms with Gasteiger partial charge in [0.1, 0.15) is 0 Å². The number of nitrogens with zero attached hydrogens (tertiary/aromatic N) is 1. The molecule has 1 amide bonds. The average Bonchev–Trinajstić information content (AvgIpc) is 2.47. The van der Waals surface area contributed by atoms with Gasteiger partial charge in [-0.2, -0.15) is 0 Å². The van der Waals surface area contributed by atoms with E-state index in [4.69, 9.17) is 4.74 Å². The Morgan fingerprint density at radius 1 is 1.26 bits per heavy atom. The van der Waals surface area contributed by atoms with Crippen molar-refractivity contribution in [1.29, 1.82) is 0 Å². The minimum atomic E-state index is -3.59. The van der Waals surface area contributed by atoms with E-state index in [1.807, 2.05) is 6.92 Å². The summed E-state index contributed by atoms with van der Waals surface area (Å²) in [5, 5.41) is 2.56. The standard InChI is InChI=1S/C15H22N2O5S/c1-5-6-15(19)22-10-14(18)16-13-9-12(8-7-11(13)2)23(20,21)17(3)4/h7-9H,5-6,10H2,1-4H3,(H,16,18). The Hall–Kier alpha value is -1.93. The van der Waals surface area contributed by atoms with Crippen molar-refractivity contribution in [2.24, 2.45) is 0 Å². The molecule has 0 radical (unpaired) electrons. The maximum Gasteiger partial charge on any atom is 0.306 e. The number of hydrogen-bond acceptors (Lipinski definition) is 5. The van der Waals surface area contributed by atoms with Crippen LogP contribution in [0.25, 0.3) is 0 Å². The lowest BCUT2D eigenvalue weighted by Gasteiger charge is -2.14. The van der Waals surface area contributed by atoms with Crippen LogP contribution in [0, 0.1) is 6.92 Å². The first-order chi connectivity index (χ1) is 10.7. The molecule has 0 heterocycles. The van der Waals surface area contributed by atoms with E-state index in [-0.39, 0.29) is 11.3 Å². The van der Waals surface area contributed by atoms with Crippen molar-refractivity contribution in [2.45, 2.75) is 31.6 Å². The van der Waals surface area contributed by atoms with Crippen LogP contribution >= 0.6 is 0 Å². The largest absolute Gasteiger partial charge is 0.456 e. The van der Waals surface area contributed by atoms with Crippen LogP contribution in [0.15, 0.2) is 23.1 Å². The van der Waals surface area contributed by atoms with E-state index in [0.717, 1.165) is 4.31 Å². The molecule has 8 heteroatoms. The van der Waals surface area contributed by atoms with Crippen LogP contribution in [0.3, 0.4) is 0 Å². The zero-order chi connectivity index (χ0) is 17.6. The number of anilines is 1. The minimum Gasteiger partial charge on any atom is -0.456 e. The third kappa shape index (κ3) is 5.33. The molecule has 0 aliphatic rings. The lowest BCUT2D eigenvalue weighted by Crippen LogP contribution is -2.23. The quantitative estimate of drug-likeness (QED) is 0.759. The van der Waals surface area contributed by atoms with Gasteiger partial charge in [0.15, 0.2) is 6.61 Å². The number of carbonyl (C=O) groups excluding carboxylic acids is 2. The van der Waals surface area contributed by atoms with Crippen molar-refractivity contribution in [3.05, 3.63) is 23.8 Å². The summed E-state index contributed by atoms with van der Waals surface area (Å²) in [6.07, 6.45) is 0.896. The Kier molecular flexibility index (Phi) is 6.71. The van der Waals surface area contributed by atoms with Crippen LogP contribution in [0.5, 0.6) is 0 Å². The molecular weight excluding hydrogens is 320 g/mol. The summed E-state index contributed by atoms with van der Waals surface area (Å²) in [7, 11) is -0.726. The van der Waals surface area contributed by atoms with Gasteiger partial charge in [0, 0.05) is 26.2 Å². The van der Waals surface area contributed by atoms with E-state index in [2.05, 4.69) is 5.32 Å². The highest BCUT2D eigenvalue weighted by atomic mass is 32.2. The van der Waals surface area contributed by atoms with Gasteiger partial charge in [-0.25, -0.2) is 12.7 Å². The molecule has 0 saturated heterocycles. The van der Waals surface area contributed by atoms with Crippen molar-refractivity contribution < 1.29 is 22.7 Å². The summed E-state index contributed by atoms with van der Waals surface area (Å²) in [5.41, 5.74) is 1.07. The van der Waals surface area contributed by atoms with Crippen LogP contribution < -0.4 is 5.32 Å². The maximum absolute atomic E-state index is 12.1. The molecule has 0 bridgehead atoms. The second kappa shape index (κ2) is 8.07. The van der Waals surface area contributed by atoms with Crippen molar-refractivity contribution in [3.63, 3.8) is 0 Å². The minimum absolute atomic E-state index is 0.0753. The number of nitrogens with one attached hydrogen (secondary N) is 1.